The number of thiophene rings is 1. The molecule has 1 unspecified atom stereocenters. The van der Waals surface area contributed by atoms with E-state index in [1.54, 1.807) is 14.2 Å². The van der Waals surface area contributed by atoms with Crippen LogP contribution < -0.4 is 9.47 Å². The summed E-state index contributed by atoms with van der Waals surface area (Å²) >= 11 is 1.29. The molecule has 24 heavy (non-hydrogen) atoms. The third kappa shape index (κ3) is 3.25. The van der Waals surface area contributed by atoms with Crippen LogP contribution in [0.5, 0.6) is 11.5 Å². The van der Waals surface area contributed by atoms with Gasteiger partial charge in [0.1, 0.15) is 4.88 Å². The van der Waals surface area contributed by atoms with Gasteiger partial charge in [-0.2, -0.15) is 0 Å². The summed E-state index contributed by atoms with van der Waals surface area (Å²) < 4.78 is 10.7. The number of rotatable bonds is 6. The SMILES string of the molecule is COc1ccc(C2CCCN2Cc2ccsc2C(=O)O)cc1OC. The Morgan fingerprint density at radius 2 is 2.08 bits per heavy atom. The van der Waals surface area contributed by atoms with E-state index in [4.69, 9.17) is 9.47 Å². The number of carbonyl (C=O) groups is 1. The first kappa shape index (κ1) is 16.8. The molecular weight excluding hydrogens is 326 g/mol. The summed E-state index contributed by atoms with van der Waals surface area (Å²) in [7, 11) is 3.27. The average Bonchev–Trinajstić information content (AvgIpc) is 3.24. The van der Waals surface area contributed by atoms with E-state index < -0.39 is 5.97 Å². The van der Waals surface area contributed by atoms with Crippen molar-refractivity contribution in [3.63, 3.8) is 0 Å². The molecule has 6 heteroatoms. The summed E-state index contributed by atoms with van der Waals surface area (Å²) in [5.41, 5.74) is 2.07. The van der Waals surface area contributed by atoms with Crippen molar-refractivity contribution in [3.8, 4) is 11.5 Å². The van der Waals surface area contributed by atoms with Crippen molar-refractivity contribution in [1.29, 1.82) is 0 Å². The lowest BCUT2D eigenvalue weighted by atomic mass is 10.0. The van der Waals surface area contributed by atoms with Gasteiger partial charge in [0, 0.05) is 12.6 Å². The minimum atomic E-state index is -0.845. The maximum Gasteiger partial charge on any atom is 0.346 e. The van der Waals surface area contributed by atoms with E-state index >= 15 is 0 Å². The Balaban J connectivity index is 1.83. The van der Waals surface area contributed by atoms with Crippen LogP contribution in [0.3, 0.4) is 0 Å². The van der Waals surface area contributed by atoms with E-state index in [-0.39, 0.29) is 6.04 Å². The van der Waals surface area contributed by atoms with E-state index in [0.717, 1.165) is 36.4 Å². The van der Waals surface area contributed by atoms with Crippen LogP contribution in [-0.4, -0.2) is 36.7 Å². The smallest absolute Gasteiger partial charge is 0.346 e. The van der Waals surface area contributed by atoms with Gasteiger partial charge in [-0.15, -0.1) is 11.3 Å². The molecule has 1 aromatic carbocycles. The highest BCUT2D eigenvalue weighted by Gasteiger charge is 2.28. The molecule has 0 aliphatic carbocycles. The highest BCUT2D eigenvalue weighted by atomic mass is 32.1. The molecule has 0 spiro atoms. The molecule has 0 amide bonds. The standard InChI is InChI=1S/C18H21NO4S/c1-22-15-6-5-12(10-16(15)23-2)14-4-3-8-19(14)11-13-7-9-24-17(13)18(20)21/h5-7,9-10,14H,3-4,8,11H2,1-2H3,(H,20,21). The highest BCUT2D eigenvalue weighted by molar-refractivity contribution is 7.12. The maximum atomic E-state index is 11.3. The molecule has 1 saturated heterocycles. The Morgan fingerprint density at radius 3 is 2.79 bits per heavy atom. The van der Waals surface area contributed by atoms with E-state index in [2.05, 4.69) is 11.0 Å². The summed E-state index contributed by atoms with van der Waals surface area (Å²) in [5.74, 6) is 0.599. The van der Waals surface area contributed by atoms with Crippen LogP contribution in [0.2, 0.25) is 0 Å². The molecule has 1 aromatic heterocycles. The molecule has 0 saturated carbocycles. The van der Waals surface area contributed by atoms with Crippen LogP contribution in [0.15, 0.2) is 29.6 Å². The normalized spacial score (nSPS) is 17.8. The Kier molecular flexibility index (Phi) is 5.06. The molecule has 5 nitrogen and oxygen atoms in total. The fourth-order valence-electron chi connectivity index (χ4n) is 3.32. The summed E-state index contributed by atoms with van der Waals surface area (Å²) in [6.07, 6.45) is 2.16. The number of hydrogen-bond donors (Lipinski definition) is 1. The average molecular weight is 347 g/mol. The van der Waals surface area contributed by atoms with E-state index in [9.17, 15) is 9.90 Å². The number of likely N-dealkylation sites (tertiary alicyclic amines) is 1. The minimum absolute atomic E-state index is 0.270. The van der Waals surface area contributed by atoms with Gasteiger partial charge in [-0.3, -0.25) is 4.90 Å². The molecule has 2 heterocycles. The third-order valence-corrected chi connectivity index (χ3v) is 5.42. The van der Waals surface area contributed by atoms with Gasteiger partial charge >= 0.3 is 5.97 Å². The zero-order valence-corrected chi connectivity index (χ0v) is 14.6. The Labute approximate surface area is 145 Å². The topological polar surface area (TPSA) is 59.0 Å². The second-order valence-corrected chi connectivity index (χ2v) is 6.74. The third-order valence-electron chi connectivity index (χ3n) is 4.47. The molecule has 2 aromatic rings. The van der Waals surface area contributed by atoms with Crippen LogP contribution in [-0.2, 0) is 6.54 Å². The summed E-state index contributed by atoms with van der Waals surface area (Å²) in [6.45, 7) is 1.62. The predicted octanol–water partition coefficient (Wildman–Crippen LogP) is 3.80. The van der Waals surface area contributed by atoms with Crippen molar-refractivity contribution >= 4 is 17.3 Å². The summed E-state index contributed by atoms with van der Waals surface area (Å²) in [4.78, 5) is 14.1. The van der Waals surface area contributed by atoms with Crippen molar-refractivity contribution in [3.05, 3.63) is 45.6 Å². The first-order chi connectivity index (χ1) is 11.6. The molecule has 1 N–H and O–H groups in total. The van der Waals surface area contributed by atoms with Gasteiger partial charge in [0.25, 0.3) is 0 Å². The molecule has 0 radical (unpaired) electrons. The van der Waals surface area contributed by atoms with Gasteiger partial charge in [-0.1, -0.05) is 6.07 Å². The van der Waals surface area contributed by atoms with Crippen molar-refractivity contribution in [2.45, 2.75) is 25.4 Å². The largest absolute Gasteiger partial charge is 0.493 e. The van der Waals surface area contributed by atoms with Gasteiger partial charge in [0.2, 0.25) is 0 Å². The highest BCUT2D eigenvalue weighted by Crippen LogP contribution is 2.38. The quantitative estimate of drug-likeness (QED) is 0.861. The maximum absolute atomic E-state index is 11.3. The first-order valence-corrected chi connectivity index (χ1v) is 8.77. The lowest BCUT2D eigenvalue weighted by molar-refractivity contribution is 0.0699. The molecule has 1 aliphatic heterocycles. The Morgan fingerprint density at radius 1 is 1.29 bits per heavy atom. The Hall–Kier alpha value is -2.05. The molecule has 0 bridgehead atoms. The van der Waals surface area contributed by atoms with Crippen LogP contribution >= 0.6 is 11.3 Å². The van der Waals surface area contributed by atoms with Gasteiger partial charge < -0.3 is 14.6 Å². The number of methoxy groups -OCH3 is 2. The fourth-order valence-corrected chi connectivity index (χ4v) is 4.07. The number of carboxylic acids is 1. The van der Waals surface area contributed by atoms with Gasteiger partial charge in [0.05, 0.1) is 14.2 Å². The second kappa shape index (κ2) is 7.23. The lowest BCUT2D eigenvalue weighted by Gasteiger charge is -2.25. The van der Waals surface area contributed by atoms with Crippen LogP contribution in [0.25, 0.3) is 0 Å². The first-order valence-electron chi connectivity index (χ1n) is 7.89. The van der Waals surface area contributed by atoms with Gasteiger partial charge in [-0.05, 0) is 54.1 Å². The van der Waals surface area contributed by atoms with Gasteiger partial charge in [-0.25, -0.2) is 4.79 Å². The second-order valence-electron chi connectivity index (χ2n) is 5.82. The minimum Gasteiger partial charge on any atom is -0.493 e. The van der Waals surface area contributed by atoms with Crippen molar-refractivity contribution < 1.29 is 19.4 Å². The number of carboxylic acid groups (broad SMARTS) is 1. The summed E-state index contributed by atoms with van der Waals surface area (Å²) in [5, 5.41) is 11.1. The number of benzene rings is 1. The lowest BCUT2D eigenvalue weighted by Crippen LogP contribution is -2.23. The van der Waals surface area contributed by atoms with E-state index in [1.165, 1.54) is 16.9 Å². The van der Waals surface area contributed by atoms with Crippen molar-refractivity contribution in [1.82, 2.24) is 4.90 Å². The van der Waals surface area contributed by atoms with Crippen LogP contribution in [0.1, 0.15) is 39.7 Å². The number of nitrogens with zero attached hydrogens (tertiary/aromatic N) is 1. The molecule has 3 rings (SSSR count). The van der Waals surface area contributed by atoms with E-state index in [0.29, 0.717) is 11.4 Å². The molecular formula is C18H21NO4S. The molecule has 1 fully saturated rings. The van der Waals surface area contributed by atoms with E-state index in [1.807, 2.05) is 23.6 Å². The fraction of sp³-hybridized carbons (Fsp3) is 0.389. The monoisotopic (exact) mass is 347 g/mol. The molecule has 128 valence electrons. The zero-order chi connectivity index (χ0) is 17.1. The molecule has 1 aliphatic rings. The van der Waals surface area contributed by atoms with Crippen molar-refractivity contribution in [2.24, 2.45) is 0 Å². The van der Waals surface area contributed by atoms with Gasteiger partial charge in [0.15, 0.2) is 11.5 Å². The predicted molar refractivity (Wildman–Crippen MR) is 93.2 cm³/mol. The number of hydrogen-bond acceptors (Lipinski definition) is 5. The summed E-state index contributed by atoms with van der Waals surface area (Å²) in [6, 6.07) is 8.20. The van der Waals surface area contributed by atoms with Crippen LogP contribution in [0, 0.1) is 0 Å². The zero-order valence-electron chi connectivity index (χ0n) is 13.8. The molecule has 1 atom stereocenters. The number of ether oxygens (including phenoxy) is 2. The van der Waals surface area contributed by atoms with Crippen molar-refractivity contribution in [2.75, 3.05) is 20.8 Å². The van der Waals surface area contributed by atoms with Crippen LogP contribution in [0.4, 0.5) is 0 Å². The Bertz CT molecular complexity index is 728. The number of aromatic carboxylic acids is 1.